The molecule has 112 valence electrons. The Bertz CT molecular complexity index is 454. The molecule has 1 unspecified atom stereocenters. The summed E-state index contributed by atoms with van der Waals surface area (Å²) in [6.07, 6.45) is 0. The number of carbonyl (C=O) groups excluding carboxylic acids is 1. The number of nitrogens with two attached hydrogens (primary N) is 1. The van der Waals surface area contributed by atoms with Crippen LogP contribution < -0.4 is 11.1 Å². The number of hydrogen-bond donors (Lipinski definition) is 2. The topological polar surface area (TPSA) is 67.6 Å². The van der Waals surface area contributed by atoms with Gasteiger partial charge in [0.1, 0.15) is 5.82 Å². The SMILES string of the molecule is CCN(CCOC)C(C)C(=O)Nc1cc(N)ccc1F. The van der Waals surface area contributed by atoms with Gasteiger partial charge >= 0.3 is 0 Å². The van der Waals surface area contributed by atoms with Crippen molar-refractivity contribution in [1.82, 2.24) is 4.90 Å². The summed E-state index contributed by atoms with van der Waals surface area (Å²) in [4.78, 5) is 14.1. The predicted molar refractivity (Wildman–Crippen MR) is 78.0 cm³/mol. The second kappa shape index (κ2) is 7.81. The van der Waals surface area contributed by atoms with Gasteiger partial charge in [-0.2, -0.15) is 0 Å². The summed E-state index contributed by atoms with van der Waals surface area (Å²) in [6.45, 7) is 5.62. The summed E-state index contributed by atoms with van der Waals surface area (Å²) >= 11 is 0. The molecule has 0 fully saturated rings. The number of hydrogen-bond acceptors (Lipinski definition) is 4. The number of likely N-dealkylation sites (N-methyl/N-ethyl adjacent to an activating group) is 1. The van der Waals surface area contributed by atoms with E-state index in [0.29, 0.717) is 25.4 Å². The van der Waals surface area contributed by atoms with Gasteiger partial charge in [0.25, 0.3) is 0 Å². The Balaban J connectivity index is 2.71. The normalized spacial score (nSPS) is 12.4. The highest BCUT2D eigenvalue weighted by atomic mass is 19.1. The molecule has 0 aliphatic rings. The fraction of sp³-hybridized carbons (Fsp3) is 0.500. The Kier molecular flexibility index (Phi) is 6.41. The van der Waals surface area contributed by atoms with E-state index in [2.05, 4.69) is 5.32 Å². The zero-order chi connectivity index (χ0) is 15.1. The van der Waals surface area contributed by atoms with Gasteiger partial charge in [0.05, 0.1) is 18.3 Å². The molecular weight excluding hydrogens is 261 g/mol. The van der Waals surface area contributed by atoms with Crippen molar-refractivity contribution in [2.24, 2.45) is 0 Å². The van der Waals surface area contributed by atoms with Crippen molar-refractivity contribution in [3.8, 4) is 0 Å². The second-order valence-electron chi connectivity index (χ2n) is 4.53. The van der Waals surface area contributed by atoms with E-state index in [1.54, 1.807) is 14.0 Å². The minimum atomic E-state index is -0.500. The molecule has 0 aromatic heterocycles. The van der Waals surface area contributed by atoms with Crippen LogP contribution in [0.3, 0.4) is 0 Å². The van der Waals surface area contributed by atoms with Gasteiger partial charge in [0.15, 0.2) is 0 Å². The summed E-state index contributed by atoms with van der Waals surface area (Å²) in [5.74, 6) is -0.771. The van der Waals surface area contributed by atoms with Crippen LogP contribution in [0.15, 0.2) is 18.2 Å². The van der Waals surface area contributed by atoms with E-state index in [1.165, 1.54) is 18.2 Å². The lowest BCUT2D eigenvalue weighted by Crippen LogP contribution is -2.43. The smallest absolute Gasteiger partial charge is 0.241 e. The average Bonchev–Trinajstić information content (AvgIpc) is 2.43. The third-order valence-electron chi connectivity index (χ3n) is 3.16. The zero-order valence-electron chi connectivity index (χ0n) is 12.1. The summed E-state index contributed by atoms with van der Waals surface area (Å²) in [5, 5.41) is 2.57. The molecule has 1 aromatic carbocycles. The van der Waals surface area contributed by atoms with E-state index in [9.17, 15) is 9.18 Å². The highest BCUT2D eigenvalue weighted by Gasteiger charge is 2.20. The average molecular weight is 283 g/mol. The van der Waals surface area contributed by atoms with Gasteiger partial charge in [-0.05, 0) is 31.7 Å². The number of methoxy groups -OCH3 is 1. The molecule has 3 N–H and O–H groups in total. The van der Waals surface area contributed by atoms with E-state index < -0.39 is 5.82 Å². The summed E-state index contributed by atoms with van der Waals surface area (Å²) in [6, 6.07) is 3.71. The molecule has 0 radical (unpaired) electrons. The third kappa shape index (κ3) is 4.47. The highest BCUT2D eigenvalue weighted by molar-refractivity contribution is 5.95. The number of ether oxygens (including phenoxy) is 1. The number of nitrogens with one attached hydrogen (secondary N) is 1. The maximum absolute atomic E-state index is 13.6. The minimum Gasteiger partial charge on any atom is -0.399 e. The van der Waals surface area contributed by atoms with Crippen molar-refractivity contribution >= 4 is 17.3 Å². The van der Waals surface area contributed by atoms with Crippen LogP contribution in [0.1, 0.15) is 13.8 Å². The van der Waals surface area contributed by atoms with E-state index in [-0.39, 0.29) is 17.6 Å². The minimum absolute atomic E-state index is 0.102. The summed E-state index contributed by atoms with van der Waals surface area (Å²) in [7, 11) is 1.61. The van der Waals surface area contributed by atoms with Crippen molar-refractivity contribution in [2.45, 2.75) is 19.9 Å². The molecule has 1 atom stereocenters. The zero-order valence-corrected chi connectivity index (χ0v) is 12.1. The maximum atomic E-state index is 13.6. The number of nitrogens with zero attached hydrogens (tertiary/aromatic N) is 1. The summed E-state index contributed by atoms with van der Waals surface area (Å²) in [5.41, 5.74) is 6.09. The molecule has 0 heterocycles. The lowest BCUT2D eigenvalue weighted by Gasteiger charge is -2.26. The van der Waals surface area contributed by atoms with Crippen molar-refractivity contribution in [1.29, 1.82) is 0 Å². The van der Waals surface area contributed by atoms with Crippen LogP contribution in [-0.4, -0.2) is 43.7 Å². The van der Waals surface area contributed by atoms with Crippen LogP contribution in [0.4, 0.5) is 15.8 Å². The van der Waals surface area contributed by atoms with Gasteiger partial charge < -0.3 is 15.8 Å². The third-order valence-corrected chi connectivity index (χ3v) is 3.16. The molecule has 0 bridgehead atoms. The van der Waals surface area contributed by atoms with Crippen LogP contribution in [0.2, 0.25) is 0 Å². The Labute approximate surface area is 118 Å². The molecule has 1 rings (SSSR count). The van der Waals surface area contributed by atoms with Gasteiger partial charge in [-0.3, -0.25) is 9.69 Å². The van der Waals surface area contributed by atoms with Crippen LogP contribution in [0.5, 0.6) is 0 Å². The summed E-state index contributed by atoms with van der Waals surface area (Å²) < 4.78 is 18.6. The predicted octanol–water partition coefficient (Wildman–Crippen LogP) is 1.70. The number of benzene rings is 1. The molecular formula is C14H22FN3O2. The lowest BCUT2D eigenvalue weighted by atomic mass is 10.2. The molecule has 0 spiro atoms. The van der Waals surface area contributed by atoms with Crippen LogP contribution in [0.25, 0.3) is 0 Å². The Hall–Kier alpha value is -1.66. The largest absolute Gasteiger partial charge is 0.399 e. The monoisotopic (exact) mass is 283 g/mol. The van der Waals surface area contributed by atoms with Crippen LogP contribution in [0, 0.1) is 5.82 Å². The molecule has 0 saturated carbocycles. The first-order valence-corrected chi connectivity index (χ1v) is 6.58. The number of nitrogen functional groups attached to an aromatic ring is 1. The van der Waals surface area contributed by atoms with Crippen LogP contribution in [-0.2, 0) is 9.53 Å². The van der Waals surface area contributed by atoms with E-state index in [4.69, 9.17) is 10.5 Å². The quantitative estimate of drug-likeness (QED) is 0.747. The van der Waals surface area contributed by atoms with E-state index in [0.717, 1.165) is 0 Å². The molecule has 5 nitrogen and oxygen atoms in total. The molecule has 6 heteroatoms. The number of carbonyl (C=O) groups is 1. The molecule has 0 aliphatic carbocycles. The van der Waals surface area contributed by atoms with Gasteiger partial charge in [-0.1, -0.05) is 6.92 Å². The number of anilines is 2. The van der Waals surface area contributed by atoms with Crippen molar-refractivity contribution in [2.75, 3.05) is 37.9 Å². The number of rotatable bonds is 7. The highest BCUT2D eigenvalue weighted by Crippen LogP contribution is 2.18. The standard InChI is InChI=1S/C14H22FN3O2/c1-4-18(7-8-20-3)10(2)14(19)17-13-9-11(16)5-6-12(13)15/h5-6,9-10H,4,7-8,16H2,1-3H3,(H,17,19). The van der Waals surface area contributed by atoms with Gasteiger partial charge in [0, 0.05) is 19.3 Å². The second-order valence-corrected chi connectivity index (χ2v) is 4.53. The first-order valence-electron chi connectivity index (χ1n) is 6.58. The van der Waals surface area contributed by atoms with Crippen LogP contribution >= 0.6 is 0 Å². The van der Waals surface area contributed by atoms with Crippen molar-refractivity contribution < 1.29 is 13.9 Å². The lowest BCUT2D eigenvalue weighted by molar-refractivity contribution is -0.120. The van der Waals surface area contributed by atoms with Crippen molar-refractivity contribution in [3.05, 3.63) is 24.0 Å². The van der Waals surface area contributed by atoms with Crippen molar-refractivity contribution in [3.63, 3.8) is 0 Å². The van der Waals surface area contributed by atoms with Gasteiger partial charge in [0.2, 0.25) is 5.91 Å². The number of halogens is 1. The van der Waals surface area contributed by atoms with Gasteiger partial charge in [-0.15, -0.1) is 0 Å². The molecule has 0 saturated heterocycles. The van der Waals surface area contributed by atoms with E-state index in [1.807, 2.05) is 11.8 Å². The molecule has 1 amide bonds. The Morgan fingerprint density at radius 3 is 2.85 bits per heavy atom. The Morgan fingerprint density at radius 2 is 2.25 bits per heavy atom. The molecule has 1 aromatic rings. The molecule has 20 heavy (non-hydrogen) atoms. The number of amides is 1. The fourth-order valence-corrected chi connectivity index (χ4v) is 1.88. The fourth-order valence-electron chi connectivity index (χ4n) is 1.88. The van der Waals surface area contributed by atoms with Gasteiger partial charge in [-0.25, -0.2) is 4.39 Å². The first-order chi connectivity index (χ1) is 9.49. The Morgan fingerprint density at radius 1 is 1.55 bits per heavy atom. The molecule has 0 aliphatic heterocycles. The first kappa shape index (κ1) is 16.4. The maximum Gasteiger partial charge on any atom is 0.241 e. The van der Waals surface area contributed by atoms with E-state index >= 15 is 0 Å².